The van der Waals surface area contributed by atoms with E-state index in [9.17, 15) is 101 Å². The fourth-order valence-corrected chi connectivity index (χ4v) is 2.64. The number of carbonyl (C=O) groups excluding carboxylic acids is 1. The van der Waals surface area contributed by atoms with E-state index in [2.05, 4.69) is 11.3 Å². The van der Waals surface area contributed by atoms with E-state index in [1.165, 1.54) is 0 Å². The normalized spacial score (nSPS) is 14.5. The highest BCUT2D eigenvalue weighted by molar-refractivity contribution is 6.41. The Bertz CT molecular complexity index is 1300. The summed E-state index contributed by atoms with van der Waals surface area (Å²) in [6.45, 7) is 4.04. The standard InChI is InChI=1S/C13H6ClF17O2.C8H3F5/c1-2-3-4(14)5(32)33-13(30,31)11(25,26)9(21,22)7(17,18)6(15,16)8(19,20)10(23,24)12(27,28)29;1-2-3-4(9)6(11)8(13)7(12)5(3)10/h3H,2H2,1H3;2H,1H2. The molecular formula is C21H9ClF22O2. The van der Waals surface area contributed by atoms with E-state index >= 15 is 0 Å². The fraction of sp³-hybridized carbons (Fsp3) is 0.476. The Hall–Kier alpha value is -3.08. The Kier molecular flexibility index (Phi) is 12.3. The Balaban J connectivity index is 0.00000128. The summed E-state index contributed by atoms with van der Waals surface area (Å²) in [5.41, 5.74) is -1.02. The van der Waals surface area contributed by atoms with Crippen molar-refractivity contribution >= 4 is 23.6 Å². The first-order chi connectivity index (χ1) is 20.1. The molecular weight excluding hydrogens is 738 g/mol. The maximum Gasteiger partial charge on any atom is 0.473 e. The number of benzene rings is 1. The number of allylic oxidation sites excluding steroid dienone is 1. The summed E-state index contributed by atoms with van der Waals surface area (Å²) in [7, 11) is 0. The van der Waals surface area contributed by atoms with Crippen LogP contribution in [0.4, 0.5) is 96.6 Å². The van der Waals surface area contributed by atoms with Gasteiger partial charge in [0, 0.05) is 0 Å². The molecule has 0 unspecified atom stereocenters. The molecule has 266 valence electrons. The van der Waals surface area contributed by atoms with Crippen LogP contribution in [0.1, 0.15) is 18.9 Å². The van der Waals surface area contributed by atoms with Gasteiger partial charge in [-0.05, 0) is 6.42 Å². The second-order valence-corrected chi connectivity index (χ2v) is 8.41. The first-order valence-corrected chi connectivity index (χ1v) is 10.9. The largest absolute Gasteiger partial charge is 0.473 e. The number of carbonyl (C=O) groups is 1. The molecule has 0 fully saturated rings. The highest BCUT2D eigenvalue weighted by Crippen LogP contribution is 2.64. The minimum atomic E-state index is -8.76. The third kappa shape index (κ3) is 6.80. The lowest BCUT2D eigenvalue weighted by Crippen LogP contribution is -2.74. The van der Waals surface area contributed by atoms with E-state index in [-0.39, 0.29) is 6.42 Å². The minimum absolute atomic E-state index is 0.348. The SMILES string of the molecule is C=Cc1c(F)c(F)c(F)c(F)c1F.CCC=C(Cl)C(=O)OC(F)(F)C(F)(F)C(F)(F)C(F)(F)C(F)(F)C(F)(F)C(F)(F)C(F)(F)F. The highest BCUT2D eigenvalue weighted by Gasteiger charge is 2.96. The molecule has 0 bridgehead atoms. The fourth-order valence-electron chi connectivity index (χ4n) is 2.44. The Morgan fingerprint density at radius 2 is 0.913 bits per heavy atom. The summed E-state index contributed by atoms with van der Waals surface area (Å²) < 4.78 is 285. The highest BCUT2D eigenvalue weighted by atomic mass is 35.5. The molecule has 0 amide bonds. The van der Waals surface area contributed by atoms with Crippen LogP contribution < -0.4 is 0 Å². The number of alkyl halides is 17. The van der Waals surface area contributed by atoms with Gasteiger partial charge in [-0.1, -0.05) is 37.3 Å². The van der Waals surface area contributed by atoms with Crippen LogP contribution >= 0.6 is 11.6 Å². The van der Waals surface area contributed by atoms with Gasteiger partial charge in [0.25, 0.3) is 0 Å². The molecule has 1 aromatic rings. The van der Waals surface area contributed by atoms with Crippen molar-refractivity contribution in [1.29, 1.82) is 0 Å². The molecule has 0 N–H and O–H groups in total. The van der Waals surface area contributed by atoms with Gasteiger partial charge in [0.1, 0.15) is 5.03 Å². The van der Waals surface area contributed by atoms with Crippen molar-refractivity contribution in [3.05, 3.63) is 52.3 Å². The first kappa shape index (κ1) is 42.9. The lowest BCUT2D eigenvalue weighted by Gasteiger charge is -2.42. The zero-order valence-corrected chi connectivity index (χ0v) is 21.8. The van der Waals surface area contributed by atoms with Crippen molar-refractivity contribution in [3.63, 3.8) is 0 Å². The van der Waals surface area contributed by atoms with E-state index < -0.39 is 93.5 Å². The second kappa shape index (κ2) is 13.2. The smallest absolute Gasteiger partial charge is 0.392 e. The van der Waals surface area contributed by atoms with Crippen molar-refractivity contribution < 1.29 is 106 Å². The first-order valence-electron chi connectivity index (χ1n) is 10.6. The van der Waals surface area contributed by atoms with Crippen LogP contribution in [0.3, 0.4) is 0 Å². The zero-order valence-electron chi connectivity index (χ0n) is 21.1. The molecule has 1 rings (SSSR count). The van der Waals surface area contributed by atoms with Gasteiger partial charge in [-0.25, -0.2) is 26.7 Å². The van der Waals surface area contributed by atoms with E-state index in [0.717, 1.165) is 6.92 Å². The number of esters is 1. The van der Waals surface area contributed by atoms with E-state index in [4.69, 9.17) is 11.6 Å². The van der Waals surface area contributed by atoms with Crippen LogP contribution in [0.5, 0.6) is 0 Å². The van der Waals surface area contributed by atoms with Crippen molar-refractivity contribution in [3.8, 4) is 0 Å². The predicted octanol–water partition coefficient (Wildman–Crippen LogP) is 10.1. The maximum absolute atomic E-state index is 13.4. The van der Waals surface area contributed by atoms with Gasteiger partial charge < -0.3 is 4.74 Å². The van der Waals surface area contributed by atoms with E-state index in [0.29, 0.717) is 12.2 Å². The summed E-state index contributed by atoms with van der Waals surface area (Å²) in [5, 5.41) is -1.58. The molecule has 0 aliphatic carbocycles. The quantitative estimate of drug-likeness (QED) is 0.0784. The topological polar surface area (TPSA) is 26.3 Å². The molecule has 2 nitrogen and oxygen atoms in total. The van der Waals surface area contributed by atoms with Crippen LogP contribution in [0.2, 0.25) is 0 Å². The molecule has 1 aromatic carbocycles. The summed E-state index contributed by atoms with van der Waals surface area (Å²) >= 11 is 4.88. The van der Waals surface area contributed by atoms with Crippen LogP contribution in [-0.4, -0.2) is 53.8 Å². The van der Waals surface area contributed by atoms with Crippen LogP contribution in [0.15, 0.2) is 17.7 Å². The predicted molar refractivity (Wildman–Crippen MR) is 107 cm³/mol. The molecule has 0 saturated heterocycles. The Morgan fingerprint density at radius 1 is 0.609 bits per heavy atom. The van der Waals surface area contributed by atoms with Crippen LogP contribution in [0.25, 0.3) is 6.08 Å². The van der Waals surface area contributed by atoms with Gasteiger partial charge in [0.15, 0.2) is 23.3 Å². The van der Waals surface area contributed by atoms with Crippen molar-refractivity contribution in [2.24, 2.45) is 0 Å². The molecule has 25 heteroatoms. The average molecular weight is 747 g/mol. The molecule has 0 aliphatic heterocycles. The number of ether oxygens (including phenoxy) is 1. The van der Waals surface area contributed by atoms with Crippen molar-refractivity contribution in [2.45, 2.75) is 61.2 Å². The van der Waals surface area contributed by atoms with E-state index in [1.54, 1.807) is 0 Å². The van der Waals surface area contributed by atoms with Crippen molar-refractivity contribution in [1.82, 2.24) is 0 Å². The monoisotopic (exact) mass is 746 g/mol. The summed E-state index contributed by atoms with van der Waals surface area (Å²) in [6.07, 6.45) is -14.5. The third-order valence-electron chi connectivity index (χ3n) is 4.94. The van der Waals surface area contributed by atoms with Gasteiger partial charge in [0.2, 0.25) is 5.82 Å². The lowest BCUT2D eigenvalue weighted by molar-refractivity contribution is -0.473. The molecule has 0 radical (unpaired) electrons. The Morgan fingerprint density at radius 3 is 1.22 bits per heavy atom. The summed E-state index contributed by atoms with van der Waals surface area (Å²) in [4.78, 5) is 11.0. The minimum Gasteiger partial charge on any atom is -0.392 e. The number of hydrogen-bond donors (Lipinski definition) is 0. The summed E-state index contributed by atoms with van der Waals surface area (Å²) in [6, 6.07) is 0. The number of halogens is 23. The van der Waals surface area contributed by atoms with Gasteiger partial charge in [-0.3, -0.25) is 0 Å². The van der Waals surface area contributed by atoms with Gasteiger partial charge in [-0.15, -0.1) is 0 Å². The van der Waals surface area contributed by atoms with Crippen LogP contribution in [0, 0.1) is 29.1 Å². The van der Waals surface area contributed by atoms with Gasteiger partial charge >= 0.3 is 53.8 Å². The maximum atomic E-state index is 13.4. The number of rotatable bonds is 10. The molecule has 0 aromatic heterocycles. The number of hydrogen-bond acceptors (Lipinski definition) is 2. The van der Waals surface area contributed by atoms with Crippen molar-refractivity contribution in [2.75, 3.05) is 0 Å². The second-order valence-electron chi connectivity index (χ2n) is 8.00. The molecule has 0 heterocycles. The molecule has 0 spiro atoms. The van der Waals surface area contributed by atoms with Gasteiger partial charge in [0.05, 0.1) is 5.56 Å². The molecule has 46 heavy (non-hydrogen) atoms. The third-order valence-corrected chi connectivity index (χ3v) is 5.25. The molecule has 0 aliphatic rings. The molecule has 0 saturated carbocycles. The van der Waals surface area contributed by atoms with Crippen LogP contribution in [-0.2, 0) is 9.53 Å². The Labute approximate surface area is 244 Å². The van der Waals surface area contributed by atoms with E-state index in [1.807, 2.05) is 0 Å². The zero-order chi connectivity index (χ0) is 37.4. The van der Waals surface area contributed by atoms with Gasteiger partial charge in [-0.2, -0.15) is 74.6 Å². The summed E-state index contributed by atoms with van der Waals surface area (Å²) in [5.74, 6) is -63.7. The molecule has 0 atom stereocenters. The average Bonchev–Trinajstić information content (AvgIpc) is 2.90. The lowest BCUT2D eigenvalue weighted by atomic mass is 9.90.